The summed E-state index contributed by atoms with van der Waals surface area (Å²) in [5.41, 5.74) is 0.172. The molecule has 0 aliphatic heterocycles. The normalized spacial score (nSPS) is 13.6. The Morgan fingerprint density at radius 3 is 2.41 bits per heavy atom. The fourth-order valence-electron chi connectivity index (χ4n) is 2.66. The first kappa shape index (κ1) is 21.1. The molecule has 0 bridgehead atoms. The second-order valence-corrected chi connectivity index (χ2v) is 7.73. The average Bonchev–Trinajstić information content (AvgIpc) is 2.94. The van der Waals surface area contributed by atoms with Gasteiger partial charge in [-0.1, -0.05) is 13.8 Å². The van der Waals surface area contributed by atoms with Gasteiger partial charge in [0.2, 0.25) is 0 Å². The smallest absolute Gasteiger partial charge is 0.348 e. The van der Waals surface area contributed by atoms with Gasteiger partial charge in [-0.25, -0.2) is 14.6 Å². The standard InChI is InChI=1S/C19H26N2O5S/c1-7-11(5)26-19(24)15-12(6)14-16(27-15)20-9-21(17(14)22)13(8-2)18(23)25-10(3)4/h9-11,13H,7-8H2,1-6H3. The Labute approximate surface area is 162 Å². The Hall–Kier alpha value is -2.22. The molecule has 7 nitrogen and oxygen atoms in total. The number of fused-ring (bicyclic) bond motifs is 1. The molecule has 2 rings (SSSR count). The summed E-state index contributed by atoms with van der Waals surface area (Å²) in [7, 11) is 0. The van der Waals surface area contributed by atoms with Crippen molar-refractivity contribution in [1.29, 1.82) is 0 Å². The van der Waals surface area contributed by atoms with E-state index in [0.717, 1.165) is 11.3 Å². The number of thiophene rings is 1. The van der Waals surface area contributed by atoms with Crippen LogP contribution in [-0.4, -0.2) is 33.7 Å². The predicted molar refractivity (Wildman–Crippen MR) is 104 cm³/mol. The summed E-state index contributed by atoms with van der Waals surface area (Å²) in [5.74, 6) is -0.929. The molecule has 0 amide bonds. The summed E-state index contributed by atoms with van der Waals surface area (Å²) >= 11 is 1.13. The molecular formula is C19H26N2O5S. The third-order valence-electron chi connectivity index (χ3n) is 4.29. The molecule has 2 aromatic rings. The zero-order valence-electron chi connectivity index (χ0n) is 16.6. The highest BCUT2D eigenvalue weighted by Crippen LogP contribution is 2.28. The quantitative estimate of drug-likeness (QED) is 0.667. The lowest BCUT2D eigenvalue weighted by Gasteiger charge is -2.18. The van der Waals surface area contributed by atoms with E-state index in [1.807, 2.05) is 13.8 Å². The Morgan fingerprint density at radius 1 is 1.19 bits per heavy atom. The van der Waals surface area contributed by atoms with Crippen LogP contribution in [0.2, 0.25) is 0 Å². The number of hydrogen-bond donors (Lipinski definition) is 0. The van der Waals surface area contributed by atoms with Gasteiger partial charge in [0.05, 0.1) is 23.9 Å². The first-order valence-corrected chi connectivity index (χ1v) is 9.94. The van der Waals surface area contributed by atoms with E-state index in [9.17, 15) is 14.4 Å². The van der Waals surface area contributed by atoms with E-state index in [1.54, 1.807) is 27.7 Å². The van der Waals surface area contributed by atoms with Crippen molar-refractivity contribution in [2.75, 3.05) is 0 Å². The molecule has 2 heterocycles. The van der Waals surface area contributed by atoms with Crippen LogP contribution in [0.1, 0.15) is 68.7 Å². The van der Waals surface area contributed by atoms with Gasteiger partial charge in [-0.3, -0.25) is 9.36 Å². The Balaban J connectivity index is 2.50. The Kier molecular flexibility index (Phi) is 6.75. The van der Waals surface area contributed by atoms with Gasteiger partial charge < -0.3 is 9.47 Å². The van der Waals surface area contributed by atoms with Crippen LogP contribution < -0.4 is 5.56 Å². The molecule has 0 N–H and O–H groups in total. The van der Waals surface area contributed by atoms with Crippen LogP contribution in [0.25, 0.3) is 10.2 Å². The molecule has 0 saturated carbocycles. The SMILES string of the molecule is CCC(C)OC(=O)c1sc2ncn(C(CC)C(=O)OC(C)C)c(=O)c2c1C. The number of aryl methyl sites for hydroxylation is 1. The van der Waals surface area contributed by atoms with Crippen LogP contribution in [-0.2, 0) is 14.3 Å². The summed E-state index contributed by atoms with van der Waals surface area (Å²) in [4.78, 5) is 42.9. The molecule has 148 valence electrons. The summed E-state index contributed by atoms with van der Waals surface area (Å²) in [6, 6.07) is -0.758. The fraction of sp³-hybridized carbons (Fsp3) is 0.579. The second-order valence-electron chi connectivity index (χ2n) is 6.73. The molecule has 0 aliphatic rings. The van der Waals surface area contributed by atoms with E-state index in [0.29, 0.717) is 33.5 Å². The lowest BCUT2D eigenvalue weighted by atomic mass is 10.2. The number of carbonyl (C=O) groups is 2. The summed E-state index contributed by atoms with van der Waals surface area (Å²) < 4.78 is 11.9. The van der Waals surface area contributed by atoms with E-state index >= 15 is 0 Å². The summed E-state index contributed by atoms with van der Waals surface area (Å²) in [6.07, 6.45) is 1.97. The average molecular weight is 394 g/mol. The largest absolute Gasteiger partial charge is 0.461 e. The van der Waals surface area contributed by atoms with Crippen LogP contribution >= 0.6 is 11.3 Å². The molecule has 2 unspecified atom stereocenters. The van der Waals surface area contributed by atoms with E-state index in [2.05, 4.69) is 4.98 Å². The molecule has 0 spiro atoms. The topological polar surface area (TPSA) is 87.5 Å². The van der Waals surface area contributed by atoms with Gasteiger partial charge in [0, 0.05) is 0 Å². The Bertz CT molecular complexity index is 899. The second kappa shape index (κ2) is 8.65. The minimum atomic E-state index is -0.758. The maximum atomic E-state index is 13.0. The van der Waals surface area contributed by atoms with E-state index < -0.39 is 18.0 Å². The van der Waals surface area contributed by atoms with Crippen molar-refractivity contribution in [2.24, 2.45) is 0 Å². The predicted octanol–water partition coefficient (Wildman–Crippen LogP) is 3.62. The third kappa shape index (κ3) is 4.37. The van der Waals surface area contributed by atoms with Gasteiger partial charge in [-0.2, -0.15) is 0 Å². The maximum absolute atomic E-state index is 13.0. The van der Waals surface area contributed by atoms with Crippen LogP contribution in [0.5, 0.6) is 0 Å². The minimum absolute atomic E-state index is 0.206. The molecule has 27 heavy (non-hydrogen) atoms. The maximum Gasteiger partial charge on any atom is 0.348 e. The lowest BCUT2D eigenvalue weighted by Crippen LogP contribution is -2.32. The van der Waals surface area contributed by atoms with Gasteiger partial charge in [0.15, 0.2) is 0 Å². The van der Waals surface area contributed by atoms with Crippen LogP contribution in [0.4, 0.5) is 0 Å². The number of carbonyl (C=O) groups excluding carboxylic acids is 2. The molecular weight excluding hydrogens is 368 g/mol. The molecule has 2 aromatic heterocycles. The minimum Gasteiger partial charge on any atom is -0.461 e. The molecule has 0 fully saturated rings. The number of rotatable bonds is 7. The van der Waals surface area contributed by atoms with Gasteiger partial charge in [-0.15, -0.1) is 11.3 Å². The zero-order valence-corrected chi connectivity index (χ0v) is 17.4. The van der Waals surface area contributed by atoms with E-state index in [4.69, 9.17) is 9.47 Å². The van der Waals surface area contributed by atoms with Crippen molar-refractivity contribution < 1.29 is 19.1 Å². The van der Waals surface area contributed by atoms with Gasteiger partial charge >= 0.3 is 11.9 Å². The molecule has 0 saturated heterocycles. The van der Waals surface area contributed by atoms with E-state index in [-0.39, 0.29) is 17.8 Å². The van der Waals surface area contributed by atoms with E-state index in [1.165, 1.54) is 10.9 Å². The van der Waals surface area contributed by atoms with Crippen molar-refractivity contribution in [3.8, 4) is 0 Å². The number of esters is 2. The molecule has 8 heteroatoms. The monoisotopic (exact) mass is 394 g/mol. The number of nitrogens with zero attached hydrogens (tertiary/aromatic N) is 2. The molecule has 0 aromatic carbocycles. The van der Waals surface area contributed by atoms with Crippen molar-refractivity contribution >= 4 is 33.5 Å². The number of hydrogen-bond acceptors (Lipinski definition) is 7. The van der Waals surface area contributed by atoms with Crippen LogP contribution in [0, 0.1) is 6.92 Å². The van der Waals surface area contributed by atoms with Gasteiger partial charge in [0.25, 0.3) is 5.56 Å². The number of ether oxygens (including phenoxy) is 2. The third-order valence-corrected chi connectivity index (χ3v) is 5.47. The summed E-state index contributed by atoms with van der Waals surface area (Å²) in [6.45, 7) is 10.8. The molecule has 0 aliphatic carbocycles. The highest BCUT2D eigenvalue weighted by atomic mass is 32.1. The fourth-order valence-corrected chi connectivity index (χ4v) is 3.68. The van der Waals surface area contributed by atoms with Crippen molar-refractivity contribution in [3.05, 3.63) is 27.1 Å². The van der Waals surface area contributed by atoms with Crippen molar-refractivity contribution in [1.82, 2.24) is 9.55 Å². The highest BCUT2D eigenvalue weighted by molar-refractivity contribution is 7.20. The molecule has 0 radical (unpaired) electrons. The number of aromatic nitrogens is 2. The zero-order chi connectivity index (χ0) is 20.3. The van der Waals surface area contributed by atoms with Crippen molar-refractivity contribution in [2.45, 2.75) is 72.6 Å². The molecule has 2 atom stereocenters. The highest BCUT2D eigenvalue weighted by Gasteiger charge is 2.26. The van der Waals surface area contributed by atoms with Gasteiger partial charge in [-0.05, 0) is 46.1 Å². The lowest BCUT2D eigenvalue weighted by molar-refractivity contribution is -0.151. The van der Waals surface area contributed by atoms with Crippen molar-refractivity contribution in [3.63, 3.8) is 0 Å². The first-order valence-electron chi connectivity index (χ1n) is 9.12. The first-order chi connectivity index (χ1) is 12.7. The van der Waals surface area contributed by atoms with Crippen LogP contribution in [0.15, 0.2) is 11.1 Å². The summed E-state index contributed by atoms with van der Waals surface area (Å²) in [5, 5.41) is 0.342. The van der Waals surface area contributed by atoms with Gasteiger partial charge in [0.1, 0.15) is 15.7 Å². The Morgan fingerprint density at radius 2 is 1.85 bits per heavy atom. The van der Waals surface area contributed by atoms with Crippen LogP contribution in [0.3, 0.4) is 0 Å².